The number of nitrogens with zero attached hydrogens (tertiary/aromatic N) is 1. The molecule has 0 spiro atoms. The van der Waals surface area contributed by atoms with Crippen LogP contribution in [0, 0.1) is 5.92 Å². The molecule has 0 bridgehead atoms. The zero-order chi connectivity index (χ0) is 15.5. The highest BCUT2D eigenvalue weighted by molar-refractivity contribution is 5.51. The van der Waals surface area contributed by atoms with E-state index in [4.69, 9.17) is 0 Å². The summed E-state index contributed by atoms with van der Waals surface area (Å²) < 4.78 is 38.6. The lowest BCUT2D eigenvalue weighted by molar-refractivity contribution is -0.182. The molecule has 1 aliphatic carbocycles. The molecule has 1 aliphatic rings. The summed E-state index contributed by atoms with van der Waals surface area (Å²) >= 11 is 0. The summed E-state index contributed by atoms with van der Waals surface area (Å²) in [5.41, 5.74) is 2.08. The van der Waals surface area contributed by atoms with E-state index in [1.54, 1.807) is 0 Å². The Morgan fingerprint density at radius 2 is 1.90 bits per heavy atom. The molecule has 2 nitrogen and oxygen atoms in total. The summed E-state index contributed by atoms with van der Waals surface area (Å²) in [4.78, 5) is 2.06. The van der Waals surface area contributed by atoms with Gasteiger partial charge in [0.15, 0.2) is 0 Å². The molecular formula is C16H23F3N2. The van der Waals surface area contributed by atoms with Crippen LogP contribution in [0.5, 0.6) is 0 Å². The van der Waals surface area contributed by atoms with Gasteiger partial charge in [-0.05, 0) is 45.0 Å². The summed E-state index contributed by atoms with van der Waals surface area (Å²) in [7, 11) is 3.97. The molecule has 1 aromatic rings. The maximum Gasteiger partial charge on any atom is 0.391 e. The second kappa shape index (κ2) is 6.69. The van der Waals surface area contributed by atoms with E-state index in [2.05, 4.69) is 10.2 Å². The van der Waals surface area contributed by atoms with Crippen molar-refractivity contribution in [2.45, 2.75) is 44.4 Å². The first kappa shape index (κ1) is 16.1. The van der Waals surface area contributed by atoms with Gasteiger partial charge in [-0.3, -0.25) is 0 Å². The second-order valence-corrected chi connectivity index (χ2v) is 6.14. The molecule has 1 fully saturated rings. The second-order valence-electron chi connectivity index (χ2n) is 6.14. The number of para-hydroxylation sites is 1. The van der Waals surface area contributed by atoms with Gasteiger partial charge in [-0.2, -0.15) is 13.2 Å². The molecule has 2 atom stereocenters. The van der Waals surface area contributed by atoms with Crippen molar-refractivity contribution in [2.75, 3.05) is 19.4 Å². The van der Waals surface area contributed by atoms with Crippen molar-refractivity contribution in [3.8, 4) is 0 Å². The summed E-state index contributed by atoms with van der Waals surface area (Å²) in [5.74, 6) is -1.16. The van der Waals surface area contributed by atoms with Gasteiger partial charge in [0.05, 0.1) is 5.92 Å². The van der Waals surface area contributed by atoms with Gasteiger partial charge in [-0.15, -0.1) is 0 Å². The molecule has 2 unspecified atom stereocenters. The first-order valence-electron chi connectivity index (χ1n) is 7.42. The van der Waals surface area contributed by atoms with E-state index in [9.17, 15) is 13.2 Å². The van der Waals surface area contributed by atoms with Gasteiger partial charge in [0, 0.05) is 18.3 Å². The third-order valence-corrected chi connectivity index (χ3v) is 4.00. The first-order chi connectivity index (χ1) is 9.86. The quantitative estimate of drug-likeness (QED) is 0.893. The average molecular weight is 300 g/mol. The monoisotopic (exact) mass is 300 g/mol. The summed E-state index contributed by atoms with van der Waals surface area (Å²) in [6.45, 7) is 0.776. The molecule has 118 valence electrons. The lowest BCUT2D eigenvalue weighted by atomic mass is 9.85. The van der Waals surface area contributed by atoms with Crippen LogP contribution in [0.1, 0.15) is 31.2 Å². The lowest BCUT2D eigenvalue weighted by Crippen LogP contribution is -2.34. The summed E-state index contributed by atoms with van der Waals surface area (Å²) in [5, 5.41) is 3.33. The van der Waals surface area contributed by atoms with Crippen molar-refractivity contribution in [1.29, 1.82) is 0 Å². The van der Waals surface area contributed by atoms with Crippen LogP contribution in [0.4, 0.5) is 18.9 Å². The zero-order valence-corrected chi connectivity index (χ0v) is 12.6. The SMILES string of the molecule is CN(C)Cc1ccccc1NC1CCCC(C(F)(F)F)C1. The van der Waals surface area contributed by atoms with Crippen LogP contribution in [-0.2, 0) is 6.54 Å². The number of rotatable bonds is 4. The highest BCUT2D eigenvalue weighted by Gasteiger charge is 2.42. The van der Waals surface area contributed by atoms with Crippen LogP contribution in [0.3, 0.4) is 0 Å². The minimum Gasteiger partial charge on any atom is -0.382 e. The van der Waals surface area contributed by atoms with Crippen LogP contribution < -0.4 is 5.32 Å². The van der Waals surface area contributed by atoms with E-state index in [0.717, 1.165) is 24.2 Å². The Labute approximate surface area is 124 Å². The number of hydrogen-bond donors (Lipinski definition) is 1. The molecule has 0 amide bonds. The Bertz CT molecular complexity index is 457. The molecule has 0 saturated heterocycles. The van der Waals surface area contributed by atoms with Crippen LogP contribution >= 0.6 is 0 Å². The van der Waals surface area contributed by atoms with Gasteiger partial charge in [0.1, 0.15) is 0 Å². The number of nitrogens with one attached hydrogen (secondary N) is 1. The average Bonchev–Trinajstić information content (AvgIpc) is 2.40. The lowest BCUT2D eigenvalue weighted by Gasteiger charge is -2.32. The molecule has 1 aromatic carbocycles. The highest BCUT2D eigenvalue weighted by Crippen LogP contribution is 2.38. The highest BCUT2D eigenvalue weighted by atomic mass is 19.4. The molecule has 0 aliphatic heterocycles. The predicted octanol–water partition coefficient (Wildman–Crippen LogP) is 4.28. The number of anilines is 1. The molecule has 1 saturated carbocycles. The van der Waals surface area contributed by atoms with Gasteiger partial charge >= 0.3 is 6.18 Å². The Morgan fingerprint density at radius 1 is 1.19 bits per heavy atom. The van der Waals surface area contributed by atoms with Crippen LogP contribution in [0.15, 0.2) is 24.3 Å². The number of alkyl halides is 3. The topological polar surface area (TPSA) is 15.3 Å². The van der Waals surface area contributed by atoms with Gasteiger partial charge in [-0.25, -0.2) is 0 Å². The number of halogens is 3. The van der Waals surface area contributed by atoms with Crippen molar-refractivity contribution >= 4 is 5.69 Å². The van der Waals surface area contributed by atoms with Crippen molar-refractivity contribution in [3.63, 3.8) is 0 Å². The van der Waals surface area contributed by atoms with Crippen molar-refractivity contribution in [2.24, 2.45) is 5.92 Å². The molecule has 0 aromatic heterocycles. The Balaban J connectivity index is 2.04. The van der Waals surface area contributed by atoms with Crippen LogP contribution in [0.25, 0.3) is 0 Å². The summed E-state index contributed by atoms with van der Waals surface area (Å²) in [6.07, 6.45) is -2.18. The fraction of sp³-hybridized carbons (Fsp3) is 0.625. The van der Waals surface area contributed by atoms with E-state index >= 15 is 0 Å². The van der Waals surface area contributed by atoms with E-state index in [1.807, 2.05) is 38.4 Å². The van der Waals surface area contributed by atoms with Gasteiger partial charge in [0.2, 0.25) is 0 Å². The van der Waals surface area contributed by atoms with E-state index in [1.165, 1.54) is 0 Å². The number of benzene rings is 1. The standard InChI is InChI=1S/C16H23F3N2/c1-21(2)11-12-6-3-4-9-15(12)20-14-8-5-7-13(10-14)16(17,18)19/h3-4,6,9,13-14,20H,5,7-8,10-11H2,1-2H3. The first-order valence-corrected chi connectivity index (χ1v) is 7.42. The third-order valence-electron chi connectivity index (χ3n) is 4.00. The maximum atomic E-state index is 12.9. The Hall–Kier alpha value is -1.23. The van der Waals surface area contributed by atoms with Gasteiger partial charge < -0.3 is 10.2 Å². The van der Waals surface area contributed by atoms with Crippen molar-refractivity contribution in [1.82, 2.24) is 4.90 Å². The van der Waals surface area contributed by atoms with Crippen LogP contribution in [-0.4, -0.2) is 31.2 Å². The molecular weight excluding hydrogens is 277 g/mol. The van der Waals surface area contributed by atoms with Crippen molar-refractivity contribution in [3.05, 3.63) is 29.8 Å². The minimum absolute atomic E-state index is 0.0892. The Morgan fingerprint density at radius 3 is 2.57 bits per heavy atom. The fourth-order valence-electron chi connectivity index (χ4n) is 2.98. The molecule has 1 N–H and O–H groups in total. The largest absolute Gasteiger partial charge is 0.391 e. The molecule has 21 heavy (non-hydrogen) atoms. The van der Waals surface area contributed by atoms with Gasteiger partial charge in [-0.1, -0.05) is 24.6 Å². The molecule has 0 heterocycles. The van der Waals surface area contributed by atoms with E-state index in [-0.39, 0.29) is 18.9 Å². The smallest absolute Gasteiger partial charge is 0.382 e. The molecule has 5 heteroatoms. The van der Waals surface area contributed by atoms with E-state index in [0.29, 0.717) is 6.42 Å². The zero-order valence-electron chi connectivity index (χ0n) is 12.6. The van der Waals surface area contributed by atoms with E-state index < -0.39 is 12.1 Å². The Kier molecular flexibility index (Phi) is 5.14. The minimum atomic E-state index is -4.07. The van der Waals surface area contributed by atoms with Gasteiger partial charge in [0.25, 0.3) is 0 Å². The van der Waals surface area contributed by atoms with Crippen LogP contribution in [0.2, 0.25) is 0 Å². The normalized spacial score (nSPS) is 23.3. The number of hydrogen-bond acceptors (Lipinski definition) is 2. The maximum absolute atomic E-state index is 12.9. The molecule has 0 radical (unpaired) electrons. The van der Waals surface area contributed by atoms with Crippen molar-refractivity contribution < 1.29 is 13.2 Å². The predicted molar refractivity (Wildman–Crippen MR) is 79.3 cm³/mol. The fourth-order valence-corrected chi connectivity index (χ4v) is 2.98. The third kappa shape index (κ3) is 4.63. The molecule has 2 rings (SSSR count). The summed E-state index contributed by atoms with van der Waals surface area (Å²) in [6, 6.07) is 7.77.